The average molecular weight is 210 g/mol. The molecule has 5 nitrogen and oxygen atoms in total. The van der Waals surface area contributed by atoms with E-state index in [1.807, 2.05) is 0 Å². The SMILES string of the molecule is O=C([O-])/C=C/c1cc(F)ccc1[N+](=O)[O-]. The van der Waals surface area contributed by atoms with E-state index >= 15 is 0 Å². The fraction of sp³-hybridized carbons (Fsp3) is 0. The molecule has 0 fully saturated rings. The molecular weight excluding hydrogens is 205 g/mol. The first kappa shape index (κ1) is 10.8. The van der Waals surface area contributed by atoms with Gasteiger partial charge in [0, 0.05) is 6.07 Å². The second-order valence-electron chi connectivity index (χ2n) is 2.61. The zero-order valence-electron chi connectivity index (χ0n) is 7.34. The molecule has 0 amide bonds. The van der Waals surface area contributed by atoms with Crippen LogP contribution in [0.3, 0.4) is 0 Å². The quantitative estimate of drug-likeness (QED) is 0.413. The maximum atomic E-state index is 12.7. The van der Waals surface area contributed by atoms with Crippen LogP contribution in [0.4, 0.5) is 10.1 Å². The van der Waals surface area contributed by atoms with Crippen molar-refractivity contribution in [1.82, 2.24) is 0 Å². The molecule has 78 valence electrons. The van der Waals surface area contributed by atoms with E-state index in [1.165, 1.54) is 0 Å². The third-order valence-electron chi connectivity index (χ3n) is 1.59. The lowest BCUT2D eigenvalue weighted by Gasteiger charge is -1.97. The Balaban J connectivity index is 3.18. The van der Waals surface area contributed by atoms with Crippen LogP contribution >= 0.6 is 0 Å². The Bertz CT molecular complexity index is 442. The summed E-state index contributed by atoms with van der Waals surface area (Å²) in [4.78, 5) is 19.8. The summed E-state index contributed by atoms with van der Waals surface area (Å²) < 4.78 is 12.7. The van der Waals surface area contributed by atoms with E-state index in [4.69, 9.17) is 0 Å². The monoisotopic (exact) mass is 210 g/mol. The smallest absolute Gasteiger partial charge is 0.276 e. The first-order valence-corrected chi connectivity index (χ1v) is 3.83. The standard InChI is InChI=1S/C9H6FNO4/c10-7-2-3-8(11(14)15)6(5-7)1-4-9(12)13/h1-5H,(H,12,13)/p-1/b4-1+. The topological polar surface area (TPSA) is 83.3 Å². The lowest BCUT2D eigenvalue weighted by molar-refractivity contribution is -0.385. The van der Waals surface area contributed by atoms with E-state index in [9.17, 15) is 24.4 Å². The highest BCUT2D eigenvalue weighted by Gasteiger charge is 2.11. The number of nitrogens with zero attached hydrogens (tertiary/aromatic N) is 1. The van der Waals surface area contributed by atoms with Crippen molar-refractivity contribution in [1.29, 1.82) is 0 Å². The van der Waals surface area contributed by atoms with Crippen molar-refractivity contribution >= 4 is 17.7 Å². The Morgan fingerprint density at radius 1 is 1.47 bits per heavy atom. The van der Waals surface area contributed by atoms with E-state index in [1.54, 1.807) is 0 Å². The van der Waals surface area contributed by atoms with Crippen LogP contribution < -0.4 is 5.11 Å². The number of nitro benzene ring substituents is 1. The molecule has 0 N–H and O–H groups in total. The summed E-state index contributed by atoms with van der Waals surface area (Å²) in [5.74, 6) is -2.19. The zero-order valence-corrected chi connectivity index (χ0v) is 7.34. The first-order chi connectivity index (χ1) is 7.00. The molecule has 0 aliphatic carbocycles. The fourth-order valence-electron chi connectivity index (χ4n) is 0.983. The first-order valence-electron chi connectivity index (χ1n) is 3.83. The number of halogens is 1. The minimum atomic E-state index is -1.51. The molecule has 0 radical (unpaired) electrons. The maximum Gasteiger partial charge on any atom is 0.276 e. The van der Waals surface area contributed by atoms with Crippen molar-refractivity contribution in [2.75, 3.05) is 0 Å². The van der Waals surface area contributed by atoms with Crippen LogP contribution in [0.5, 0.6) is 0 Å². The molecule has 0 saturated heterocycles. The van der Waals surface area contributed by atoms with Crippen LogP contribution in [0.15, 0.2) is 24.3 Å². The Kier molecular flexibility index (Phi) is 3.12. The van der Waals surface area contributed by atoms with Crippen molar-refractivity contribution in [3.05, 3.63) is 45.8 Å². The van der Waals surface area contributed by atoms with E-state index in [-0.39, 0.29) is 11.3 Å². The summed E-state index contributed by atoms with van der Waals surface area (Å²) >= 11 is 0. The van der Waals surface area contributed by atoms with E-state index < -0.39 is 16.7 Å². The molecule has 6 heteroatoms. The Morgan fingerprint density at radius 2 is 2.13 bits per heavy atom. The molecule has 15 heavy (non-hydrogen) atoms. The highest BCUT2D eigenvalue weighted by atomic mass is 19.1. The molecule has 0 aliphatic heterocycles. The predicted octanol–water partition coefficient (Wildman–Crippen LogP) is 0.497. The molecular formula is C9H5FNO4-. The molecule has 0 bridgehead atoms. The van der Waals surface area contributed by atoms with Gasteiger partial charge in [0.15, 0.2) is 0 Å². The van der Waals surface area contributed by atoms with Gasteiger partial charge in [0.2, 0.25) is 0 Å². The molecule has 1 rings (SSSR count). The largest absolute Gasteiger partial charge is 0.545 e. The summed E-state index contributed by atoms with van der Waals surface area (Å²) in [6.45, 7) is 0. The minimum absolute atomic E-state index is 0.121. The Morgan fingerprint density at radius 3 is 2.67 bits per heavy atom. The van der Waals surface area contributed by atoms with E-state index in [2.05, 4.69) is 0 Å². The van der Waals surface area contributed by atoms with Crippen LogP contribution in [-0.2, 0) is 4.79 Å². The van der Waals surface area contributed by atoms with Gasteiger partial charge in [-0.25, -0.2) is 4.39 Å². The molecule has 1 aromatic rings. The normalized spacial score (nSPS) is 10.5. The van der Waals surface area contributed by atoms with Crippen molar-refractivity contribution in [2.24, 2.45) is 0 Å². The molecule has 0 aromatic heterocycles. The van der Waals surface area contributed by atoms with Gasteiger partial charge in [-0.1, -0.05) is 0 Å². The van der Waals surface area contributed by atoms with Gasteiger partial charge >= 0.3 is 0 Å². The van der Waals surface area contributed by atoms with Gasteiger partial charge in [-0.05, 0) is 24.3 Å². The Labute approximate surface area is 83.6 Å². The number of rotatable bonds is 3. The van der Waals surface area contributed by atoms with Gasteiger partial charge < -0.3 is 9.90 Å². The number of carbonyl (C=O) groups is 1. The second kappa shape index (κ2) is 4.32. The van der Waals surface area contributed by atoms with Gasteiger partial charge in [-0.15, -0.1) is 0 Å². The summed E-state index contributed by atoms with van der Waals surface area (Å²) in [5.41, 5.74) is -0.488. The van der Waals surface area contributed by atoms with Gasteiger partial charge in [0.1, 0.15) is 5.82 Å². The lowest BCUT2D eigenvalue weighted by Crippen LogP contribution is -2.18. The number of carboxylic acids is 1. The molecule has 0 heterocycles. The fourth-order valence-corrected chi connectivity index (χ4v) is 0.983. The molecule has 0 unspecified atom stereocenters. The average Bonchev–Trinajstić information content (AvgIpc) is 2.14. The number of hydrogen-bond acceptors (Lipinski definition) is 4. The van der Waals surface area contributed by atoms with Gasteiger partial charge in [0.05, 0.1) is 16.5 Å². The minimum Gasteiger partial charge on any atom is -0.545 e. The lowest BCUT2D eigenvalue weighted by atomic mass is 10.1. The highest BCUT2D eigenvalue weighted by molar-refractivity contribution is 5.84. The van der Waals surface area contributed by atoms with Crippen LogP contribution in [0, 0.1) is 15.9 Å². The highest BCUT2D eigenvalue weighted by Crippen LogP contribution is 2.20. The van der Waals surface area contributed by atoms with E-state index in [0.717, 1.165) is 24.3 Å². The van der Waals surface area contributed by atoms with Gasteiger partial charge in [0.25, 0.3) is 5.69 Å². The summed E-state index contributed by atoms with van der Waals surface area (Å²) in [5, 5.41) is 20.5. The summed E-state index contributed by atoms with van der Waals surface area (Å²) in [6.07, 6.45) is 1.51. The van der Waals surface area contributed by atoms with Crippen LogP contribution in [0.2, 0.25) is 0 Å². The third kappa shape index (κ3) is 2.87. The zero-order chi connectivity index (χ0) is 11.4. The maximum absolute atomic E-state index is 12.7. The molecule has 0 aliphatic rings. The number of hydrogen-bond donors (Lipinski definition) is 0. The van der Waals surface area contributed by atoms with Gasteiger partial charge in [-0.3, -0.25) is 10.1 Å². The second-order valence-corrected chi connectivity index (χ2v) is 2.61. The number of carboxylic acid groups (broad SMARTS) is 1. The van der Waals surface area contributed by atoms with Crippen LogP contribution in [0.25, 0.3) is 6.08 Å². The van der Waals surface area contributed by atoms with Crippen molar-refractivity contribution < 1.29 is 19.2 Å². The van der Waals surface area contributed by atoms with Crippen LogP contribution in [0.1, 0.15) is 5.56 Å². The Hall–Kier alpha value is -2.24. The van der Waals surface area contributed by atoms with E-state index in [0.29, 0.717) is 6.08 Å². The van der Waals surface area contributed by atoms with Crippen molar-refractivity contribution in [2.45, 2.75) is 0 Å². The van der Waals surface area contributed by atoms with Crippen LogP contribution in [-0.4, -0.2) is 10.9 Å². The predicted molar refractivity (Wildman–Crippen MR) is 47.1 cm³/mol. The summed E-state index contributed by atoms with van der Waals surface area (Å²) in [7, 11) is 0. The van der Waals surface area contributed by atoms with Crippen molar-refractivity contribution in [3.63, 3.8) is 0 Å². The molecule has 0 saturated carbocycles. The number of aliphatic carboxylic acids is 1. The third-order valence-corrected chi connectivity index (χ3v) is 1.59. The molecule has 1 aromatic carbocycles. The van der Waals surface area contributed by atoms with Gasteiger partial charge in [-0.2, -0.15) is 0 Å². The molecule has 0 spiro atoms. The number of benzene rings is 1. The number of nitro groups is 1. The molecule has 0 atom stereocenters. The summed E-state index contributed by atoms with van der Waals surface area (Å²) in [6, 6.07) is 2.76. The van der Waals surface area contributed by atoms with Crippen molar-refractivity contribution in [3.8, 4) is 0 Å². The number of carbonyl (C=O) groups excluding carboxylic acids is 1.